The minimum absolute atomic E-state index is 0.0711. The lowest BCUT2D eigenvalue weighted by molar-refractivity contribution is -0.167. The van der Waals surface area contributed by atoms with Gasteiger partial charge in [0.2, 0.25) is 0 Å². The number of hydrogen-bond donors (Lipinski definition) is 0. The van der Waals surface area contributed by atoms with Crippen LogP contribution in [0.5, 0.6) is 0 Å². The Morgan fingerprint density at radius 2 is 0.479 bits per heavy atom. The molecule has 6 heteroatoms. The molecule has 0 rings (SSSR count). The number of allylic oxidation sites excluding steroid dienone is 4. The van der Waals surface area contributed by atoms with Crippen molar-refractivity contribution in [3.63, 3.8) is 0 Å². The van der Waals surface area contributed by atoms with Crippen molar-refractivity contribution in [2.75, 3.05) is 13.2 Å². The van der Waals surface area contributed by atoms with Crippen molar-refractivity contribution in [3.05, 3.63) is 24.3 Å². The molecule has 0 heterocycles. The Morgan fingerprint density at radius 1 is 0.260 bits per heavy atom. The molecule has 0 aromatic heterocycles. The third kappa shape index (κ3) is 60.6. The molecule has 0 aliphatic carbocycles. The first-order valence-electron chi connectivity index (χ1n) is 32.8. The molecule has 1 unspecified atom stereocenters. The molecule has 0 saturated carbocycles. The minimum Gasteiger partial charge on any atom is -0.462 e. The molecule has 0 spiro atoms. The lowest BCUT2D eigenvalue weighted by atomic mass is 10.0. The zero-order valence-electron chi connectivity index (χ0n) is 49.4. The molecule has 6 nitrogen and oxygen atoms in total. The summed E-state index contributed by atoms with van der Waals surface area (Å²) in [6.45, 7) is 6.63. The lowest BCUT2D eigenvalue weighted by Crippen LogP contribution is -2.30. The van der Waals surface area contributed by atoms with Crippen molar-refractivity contribution in [2.45, 2.75) is 374 Å². The topological polar surface area (TPSA) is 78.9 Å². The molecular weight excluding hydrogens is 901 g/mol. The van der Waals surface area contributed by atoms with Crippen molar-refractivity contribution in [2.24, 2.45) is 0 Å². The Labute approximate surface area is 455 Å². The van der Waals surface area contributed by atoms with Gasteiger partial charge in [-0.05, 0) is 64.2 Å². The standard InChI is InChI=1S/C67H126O6/c1-4-7-10-13-16-19-22-24-26-28-30-31-32-33-34-35-36-37-38-40-41-43-45-48-51-54-57-60-66(69)72-63-64(62-71-65(68)59-56-53-50-47-21-18-15-12-9-6-3)73-67(70)61-58-55-52-49-46-44-42-39-29-27-25-23-20-17-14-11-8-5-2/h12,15,27,29,64H,4-11,13-14,16-26,28,30-63H2,1-3H3/b15-12-,29-27-. The second-order valence-electron chi connectivity index (χ2n) is 22.4. The first kappa shape index (κ1) is 70.9. The van der Waals surface area contributed by atoms with Gasteiger partial charge in [-0.25, -0.2) is 0 Å². The highest BCUT2D eigenvalue weighted by Crippen LogP contribution is 2.18. The third-order valence-electron chi connectivity index (χ3n) is 14.9. The molecule has 0 aliphatic heterocycles. The van der Waals surface area contributed by atoms with E-state index in [2.05, 4.69) is 45.1 Å². The van der Waals surface area contributed by atoms with Crippen molar-refractivity contribution >= 4 is 17.9 Å². The van der Waals surface area contributed by atoms with E-state index in [1.165, 1.54) is 257 Å². The highest BCUT2D eigenvalue weighted by molar-refractivity contribution is 5.71. The van der Waals surface area contributed by atoms with Crippen LogP contribution in [-0.4, -0.2) is 37.2 Å². The Balaban J connectivity index is 4.13. The number of ether oxygens (including phenoxy) is 3. The van der Waals surface area contributed by atoms with Gasteiger partial charge in [0.15, 0.2) is 6.10 Å². The summed E-state index contributed by atoms with van der Waals surface area (Å²) in [5, 5.41) is 0. The van der Waals surface area contributed by atoms with Crippen molar-refractivity contribution in [3.8, 4) is 0 Å². The summed E-state index contributed by atoms with van der Waals surface area (Å²) in [5.74, 6) is -0.863. The van der Waals surface area contributed by atoms with Crippen LogP contribution in [0.25, 0.3) is 0 Å². The molecule has 0 N–H and O–H groups in total. The van der Waals surface area contributed by atoms with Gasteiger partial charge in [0, 0.05) is 19.3 Å². The van der Waals surface area contributed by atoms with Crippen LogP contribution in [0, 0.1) is 0 Å². The molecular formula is C67H126O6. The summed E-state index contributed by atoms with van der Waals surface area (Å²) in [5.41, 5.74) is 0. The van der Waals surface area contributed by atoms with Crippen LogP contribution in [-0.2, 0) is 28.6 Å². The average molecular weight is 1030 g/mol. The molecule has 0 bridgehead atoms. The second-order valence-corrected chi connectivity index (χ2v) is 22.4. The monoisotopic (exact) mass is 1030 g/mol. The largest absolute Gasteiger partial charge is 0.462 e. The van der Waals surface area contributed by atoms with Gasteiger partial charge in [0.1, 0.15) is 13.2 Å². The fraction of sp³-hybridized carbons (Fsp3) is 0.896. The van der Waals surface area contributed by atoms with Gasteiger partial charge in [-0.3, -0.25) is 14.4 Å². The van der Waals surface area contributed by atoms with Gasteiger partial charge in [-0.15, -0.1) is 0 Å². The van der Waals surface area contributed by atoms with E-state index >= 15 is 0 Å². The molecule has 430 valence electrons. The highest BCUT2D eigenvalue weighted by atomic mass is 16.6. The zero-order valence-corrected chi connectivity index (χ0v) is 49.4. The fourth-order valence-electron chi connectivity index (χ4n) is 9.97. The highest BCUT2D eigenvalue weighted by Gasteiger charge is 2.19. The molecule has 0 amide bonds. The maximum absolute atomic E-state index is 12.9. The van der Waals surface area contributed by atoms with E-state index in [0.29, 0.717) is 19.3 Å². The summed E-state index contributed by atoms with van der Waals surface area (Å²) in [7, 11) is 0. The van der Waals surface area contributed by atoms with Crippen molar-refractivity contribution < 1.29 is 28.6 Å². The Morgan fingerprint density at radius 3 is 0.740 bits per heavy atom. The number of rotatable bonds is 61. The van der Waals surface area contributed by atoms with Gasteiger partial charge < -0.3 is 14.2 Å². The van der Waals surface area contributed by atoms with Gasteiger partial charge in [0.05, 0.1) is 0 Å². The van der Waals surface area contributed by atoms with Crippen LogP contribution in [0.3, 0.4) is 0 Å². The summed E-state index contributed by atoms with van der Waals surface area (Å²) >= 11 is 0. The first-order chi connectivity index (χ1) is 36.0. The molecule has 0 radical (unpaired) electrons. The van der Waals surface area contributed by atoms with Crippen LogP contribution in [0.4, 0.5) is 0 Å². The summed E-state index contributed by atoms with van der Waals surface area (Å²) in [6, 6.07) is 0. The zero-order chi connectivity index (χ0) is 52.9. The van der Waals surface area contributed by atoms with E-state index in [9.17, 15) is 14.4 Å². The lowest BCUT2D eigenvalue weighted by Gasteiger charge is -2.18. The predicted octanol–water partition coefficient (Wildman–Crippen LogP) is 22.2. The number of unbranched alkanes of at least 4 members (excludes halogenated alkanes) is 46. The van der Waals surface area contributed by atoms with Crippen LogP contribution < -0.4 is 0 Å². The van der Waals surface area contributed by atoms with Gasteiger partial charge >= 0.3 is 17.9 Å². The molecule has 73 heavy (non-hydrogen) atoms. The van der Waals surface area contributed by atoms with Crippen LogP contribution >= 0.6 is 0 Å². The summed E-state index contributed by atoms with van der Waals surface area (Å²) in [4.78, 5) is 38.2. The molecule has 0 aromatic rings. The van der Waals surface area contributed by atoms with E-state index < -0.39 is 6.10 Å². The van der Waals surface area contributed by atoms with Gasteiger partial charge in [-0.1, -0.05) is 308 Å². The maximum Gasteiger partial charge on any atom is 0.306 e. The van der Waals surface area contributed by atoms with Gasteiger partial charge in [0.25, 0.3) is 0 Å². The maximum atomic E-state index is 12.9. The molecule has 1 atom stereocenters. The van der Waals surface area contributed by atoms with E-state index in [-0.39, 0.29) is 31.1 Å². The van der Waals surface area contributed by atoms with E-state index in [0.717, 1.165) is 70.6 Å². The van der Waals surface area contributed by atoms with Crippen LogP contribution in [0.1, 0.15) is 367 Å². The van der Waals surface area contributed by atoms with Crippen molar-refractivity contribution in [1.29, 1.82) is 0 Å². The quantitative estimate of drug-likeness (QED) is 0.0261. The van der Waals surface area contributed by atoms with Gasteiger partial charge in [-0.2, -0.15) is 0 Å². The molecule has 0 aliphatic rings. The number of esters is 3. The van der Waals surface area contributed by atoms with Crippen LogP contribution in [0.15, 0.2) is 24.3 Å². The SMILES string of the molecule is CCC/C=C\CCCCCCCC(=O)OCC(COC(=O)CCCCCCCCCCCCCCCCCCCCCCCCCCCCC)OC(=O)CCCCCCCCC/C=C\CCCCCCCCC. The molecule has 0 saturated heterocycles. The third-order valence-corrected chi connectivity index (χ3v) is 14.9. The van der Waals surface area contributed by atoms with E-state index in [1.807, 2.05) is 0 Å². The normalized spacial score (nSPS) is 12.1. The predicted molar refractivity (Wildman–Crippen MR) is 316 cm³/mol. The summed E-state index contributed by atoms with van der Waals surface area (Å²) in [6.07, 6.45) is 75.0. The smallest absolute Gasteiger partial charge is 0.306 e. The molecule has 0 aromatic carbocycles. The number of carbonyl (C=O) groups is 3. The number of carbonyl (C=O) groups excluding carboxylic acids is 3. The van der Waals surface area contributed by atoms with Crippen molar-refractivity contribution in [1.82, 2.24) is 0 Å². The Kier molecular flexibility index (Phi) is 60.6. The Hall–Kier alpha value is -2.11. The fourth-order valence-corrected chi connectivity index (χ4v) is 9.97. The van der Waals surface area contributed by atoms with E-state index in [1.54, 1.807) is 0 Å². The number of hydrogen-bond acceptors (Lipinski definition) is 6. The molecule has 0 fully saturated rings. The average Bonchev–Trinajstić information content (AvgIpc) is 3.39. The van der Waals surface area contributed by atoms with Crippen LogP contribution in [0.2, 0.25) is 0 Å². The minimum atomic E-state index is -0.774. The second kappa shape index (κ2) is 62.4. The van der Waals surface area contributed by atoms with E-state index in [4.69, 9.17) is 14.2 Å². The Bertz CT molecular complexity index is 1180. The first-order valence-corrected chi connectivity index (χ1v) is 32.8. The summed E-state index contributed by atoms with van der Waals surface area (Å²) < 4.78 is 16.9.